The predicted molar refractivity (Wildman–Crippen MR) is 120 cm³/mol. The van der Waals surface area contributed by atoms with Crippen LogP contribution in [0.25, 0.3) is 0 Å². The molecule has 7 nitrogen and oxygen atoms in total. The van der Waals surface area contributed by atoms with Gasteiger partial charge in [0.2, 0.25) is 5.91 Å². The van der Waals surface area contributed by atoms with Gasteiger partial charge in [0.1, 0.15) is 5.66 Å². The van der Waals surface area contributed by atoms with Gasteiger partial charge in [0.15, 0.2) is 0 Å². The van der Waals surface area contributed by atoms with Crippen LogP contribution >= 0.6 is 0 Å². The number of carbonyl (C=O) groups excluding carboxylic acids is 3. The fraction of sp³-hybridized carbons (Fsp3) is 0.640. The zero-order chi connectivity index (χ0) is 22.5. The molecule has 1 saturated heterocycles. The lowest BCUT2D eigenvalue weighted by Gasteiger charge is -2.61. The summed E-state index contributed by atoms with van der Waals surface area (Å²) in [5.41, 5.74) is 0.860. The van der Waals surface area contributed by atoms with Crippen LogP contribution in [0.4, 0.5) is 5.69 Å². The number of fused-ring (bicyclic) bond motifs is 3. The lowest BCUT2D eigenvalue weighted by atomic mass is 9.51. The highest BCUT2D eigenvalue weighted by Gasteiger charge is 2.60. The zero-order valence-electron chi connectivity index (χ0n) is 19.0. The first-order valence-electron chi connectivity index (χ1n) is 12.0. The molecular formula is C25H33N3O4. The van der Waals surface area contributed by atoms with Crippen molar-refractivity contribution in [1.82, 2.24) is 10.2 Å². The number of hydrogen-bond acceptors (Lipinski definition) is 5. The minimum atomic E-state index is -0.495. The normalized spacial score (nSPS) is 35.6. The van der Waals surface area contributed by atoms with Gasteiger partial charge in [-0.25, -0.2) is 0 Å². The SMILES string of the molecule is CCOC(=O)[C@H]1CCCN(C(=O)[C@H]2C[C@H]3CC[C@@]2(C)C[C@]32NC(=O)c3ccccc3N2)C1. The molecule has 172 valence electrons. The highest BCUT2D eigenvalue weighted by Crippen LogP contribution is 2.59. The van der Waals surface area contributed by atoms with E-state index in [1.807, 2.05) is 36.1 Å². The number of hydrogen-bond donors (Lipinski definition) is 2. The molecule has 1 aromatic rings. The summed E-state index contributed by atoms with van der Waals surface area (Å²) in [6.07, 6.45) is 5.07. The maximum absolute atomic E-state index is 13.7. The molecule has 3 saturated carbocycles. The largest absolute Gasteiger partial charge is 0.466 e. The van der Waals surface area contributed by atoms with Crippen molar-refractivity contribution in [3.05, 3.63) is 29.8 Å². The Labute approximate surface area is 189 Å². The van der Waals surface area contributed by atoms with Crippen LogP contribution in [0.15, 0.2) is 24.3 Å². The third kappa shape index (κ3) is 3.37. The van der Waals surface area contributed by atoms with Crippen molar-refractivity contribution >= 4 is 23.5 Å². The predicted octanol–water partition coefficient (Wildman–Crippen LogP) is 3.17. The van der Waals surface area contributed by atoms with Crippen LogP contribution in [-0.2, 0) is 14.3 Å². The van der Waals surface area contributed by atoms with E-state index in [2.05, 4.69) is 17.6 Å². The quantitative estimate of drug-likeness (QED) is 0.707. The van der Waals surface area contributed by atoms with Crippen LogP contribution in [0.1, 0.15) is 62.7 Å². The second-order valence-electron chi connectivity index (χ2n) is 10.3. The van der Waals surface area contributed by atoms with Gasteiger partial charge >= 0.3 is 5.97 Å². The Kier molecular flexibility index (Phi) is 5.18. The molecule has 2 amide bonds. The summed E-state index contributed by atoms with van der Waals surface area (Å²) in [6, 6.07) is 7.63. The van der Waals surface area contributed by atoms with Crippen molar-refractivity contribution in [2.24, 2.45) is 23.2 Å². The minimum Gasteiger partial charge on any atom is -0.466 e. The summed E-state index contributed by atoms with van der Waals surface area (Å²) >= 11 is 0. The van der Waals surface area contributed by atoms with Crippen LogP contribution in [-0.4, -0.2) is 48.0 Å². The third-order valence-corrected chi connectivity index (χ3v) is 8.32. The number of piperidine rings is 1. The highest BCUT2D eigenvalue weighted by atomic mass is 16.5. The highest BCUT2D eigenvalue weighted by molar-refractivity contribution is 6.02. The summed E-state index contributed by atoms with van der Waals surface area (Å²) in [5, 5.41) is 6.94. The molecule has 4 fully saturated rings. The minimum absolute atomic E-state index is 0.0355. The van der Waals surface area contributed by atoms with Crippen LogP contribution in [0, 0.1) is 23.2 Å². The molecule has 32 heavy (non-hydrogen) atoms. The molecule has 2 bridgehead atoms. The van der Waals surface area contributed by atoms with Crippen molar-refractivity contribution in [1.29, 1.82) is 0 Å². The monoisotopic (exact) mass is 439 g/mol. The fourth-order valence-corrected chi connectivity index (χ4v) is 6.68. The Balaban J connectivity index is 1.34. The second kappa shape index (κ2) is 7.78. The van der Waals surface area contributed by atoms with Gasteiger partial charge in [-0.05, 0) is 63.0 Å². The number of nitrogens with one attached hydrogen (secondary N) is 2. The maximum atomic E-state index is 13.7. The van der Waals surface area contributed by atoms with E-state index in [-0.39, 0.29) is 41.0 Å². The van der Waals surface area contributed by atoms with Gasteiger partial charge in [-0.1, -0.05) is 19.1 Å². The summed E-state index contributed by atoms with van der Waals surface area (Å²) in [6.45, 7) is 5.56. The second-order valence-corrected chi connectivity index (χ2v) is 10.3. The lowest BCUT2D eigenvalue weighted by molar-refractivity contribution is -0.157. The third-order valence-electron chi connectivity index (χ3n) is 8.32. The van der Waals surface area contributed by atoms with Crippen LogP contribution in [0.2, 0.25) is 0 Å². The van der Waals surface area contributed by atoms with E-state index >= 15 is 0 Å². The average Bonchev–Trinajstić information content (AvgIpc) is 2.78. The summed E-state index contributed by atoms with van der Waals surface area (Å²) in [7, 11) is 0. The zero-order valence-corrected chi connectivity index (χ0v) is 19.0. The van der Waals surface area contributed by atoms with E-state index in [0.29, 0.717) is 25.3 Å². The van der Waals surface area contributed by atoms with E-state index in [1.165, 1.54) is 0 Å². The molecule has 0 radical (unpaired) electrons. The number of carbonyl (C=O) groups is 3. The van der Waals surface area contributed by atoms with Crippen molar-refractivity contribution in [2.75, 3.05) is 25.0 Å². The van der Waals surface area contributed by atoms with Gasteiger partial charge in [0.25, 0.3) is 5.91 Å². The topological polar surface area (TPSA) is 87.7 Å². The molecule has 5 aliphatic rings. The van der Waals surface area contributed by atoms with E-state index < -0.39 is 5.66 Å². The lowest BCUT2D eigenvalue weighted by Crippen LogP contribution is -2.70. The van der Waals surface area contributed by atoms with Crippen LogP contribution < -0.4 is 10.6 Å². The van der Waals surface area contributed by atoms with E-state index in [4.69, 9.17) is 4.74 Å². The Morgan fingerprint density at radius 1 is 1.22 bits per heavy atom. The average molecular weight is 440 g/mol. The number of nitrogens with zero attached hydrogens (tertiary/aromatic N) is 1. The molecular weight excluding hydrogens is 406 g/mol. The Hall–Kier alpha value is -2.57. The molecule has 3 aliphatic carbocycles. The molecule has 5 atom stereocenters. The molecule has 2 aliphatic heterocycles. The Bertz CT molecular complexity index is 949. The standard InChI is InChI=1S/C25H33N3O4/c1-3-32-23(31)16-7-6-12-28(14-16)22(30)19-13-17-10-11-24(19,2)15-25(17)26-20-9-5-4-8-18(20)21(29)27-25/h4-5,8-9,16-17,19,26H,3,6-7,10-15H2,1-2H3,(H,27,29)/t16-,17+,19+,24-,25-/m0/s1. The first-order chi connectivity index (χ1) is 15.3. The van der Waals surface area contributed by atoms with Crippen molar-refractivity contribution in [3.8, 4) is 0 Å². The smallest absolute Gasteiger partial charge is 0.310 e. The van der Waals surface area contributed by atoms with Crippen LogP contribution in [0.5, 0.6) is 0 Å². The van der Waals surface area contributed by atoms with E-state index in [0.717, 1.165) is 44.2 Å². The molecule has 6 rings (SSSR count). The summed E-state index contributed by atoms with van der Waals surface area (Å²) in [4.78, 5) is 40.7. The van der Waals surface area contributed by atoms with Gasteiger partial charge in [0, 0.05) is 30.6 Å². The van der Waals surface area contributed by atoms with Crippen molar-refractivity contribution < 1.29 is 19.1 Å². The van der Waals surface area contributed by atoms with Gasteiger partial charge in [-0.3, -0.25) is 14.4 Å². The first kappa shape index (κ1) is 21.3. The first-order valence-corrected chi connectivity index (χ1v) is 12.0. The molecule has 2 N–H and O–H groups in total. The number of para-hydroxylation sites is 1. The Morgan fingerprint density at radius 2 is 2.03 bits per heavy atom. The van der Waals surface area contributed by atoms with E-state index in [9.17, 15) is 14.4 Å². The fourth-order valence-electron chi connectivity index (χ4n) is 6.68. The van der Waals surface area contributed by atoms with E-state index in [1.54, 1.807) is 0 Å². The number of esters is 1. The number of benzene rings is 1. The van der Waals surface area contributed by atoms with Gasteiger partial charge in [-0.2, -0.15) is 0 Å². The molecule has 1 aromatic carbocycles. The van der Waals surface area contributed by atoms with Gasteiger partial charge in [0.05, 0.1) is 18.1 Å². The number of amides is 2. The van der Waals surface area contributed by atoms with Crippen LogP contribution in [0.3, 0.4) is 0 Å². The number of rotatable bonds is 3. The summed E-state index contributed by atoms with van der Waals surface area (Å²) < 4.78 is 5.21. The van der Waals surface area contributed by atoms with Gasteiger partial charge in [-0.15, -0.1) is 0 Å². The number of ether oxygens (including phenoxy) is 1. The van der Waals surface area contributed by atoms with Gasteiger partial charge < -0.3 is 20.3 Å². The molecule has 2 heterocycles. The molecule has 7 heteroatoms. The summed E-state index contributed by atoms with van der Waals surface area (Å²) in [5.74, 6) is -0.156. The number of likely N-dealkylation sites (tertiary alicyclic amines) is 1. The molecule has 0 aromatic heterocycles. The van der Waals surface area contributed by atoms with Crippen molar-refractivity contribution in [2.45, 2.75) is 58.0 Å². The molecule has 1 spiro atoms. The maximum Gasteiger partial charge on any atom is 0.310 e. The van der Waals surface area contributed by atoms with Crippen molar-refractivity contribution in [3.63, 3.8) is 0 Å². The Morgan fingerprint density at radius 3 is 2.81 bits per heavy atom. The number of anilines is 1. The molecule has 0 unspecified atom stereocenters.